The normalized spacial score (nSPS) is 19.5. The average Bonchev–Trinajstić information content (AvgIpc) is 3.42. The maximum atomic E-state index is 13.9. The SMILES string of the molecule is CCC(C)C(C(=O)N1CCN(C(=O)[C@@H]([C@H](C)CC)N2C(=O)c3ccccc3C2=O)CC1)N1C(=O)c2ccccc2C1=O. The van der Waals surface area contributed by atoms with Crippen LogP contribution in [0, 0.1) is 11.8 Å². The molecule has 5 rings (SSSR count). The summed E-state index contributed by atoms with van der Waals surface area (Å²) in [6, 6.07) is 11.2. The maximum Gasteiger partial charge on any atom is 0.262 e. The molecule has 6 amide bonds. The summed E-state index contributed by atoms with van der Waals surface area (Å²) in [6.07, 6.45) is 1.16. The predicted octanol–water partition coefficient (Wildman–Crippen LogP) is 3.08. The van der Waals surface area contributed by atoms with E-state index in [1.165, 1.54) is 0 Å². The van der Waals surface area contributed by atoms with Crippen LogP contribution in [-0.4, -0.2) is 93.3 Å². The zero-order valence-corrected chi connectivity index (χ0v) is 24.4. The Morgan fingerprint density at radius 3 is 1.07 bits per heavy atom. The highest BCUT2D eigenvalue weighted by molar-refractivity contribution is 6.23. The fourth-order valence-corrected chi connectivity index (χ4v) is 6.11. The van der Waals surface area contributed by atoms with E-state index in [0.29, 0.717) is 35.1 Å². The lowest BCUT2D eigenvalue weighted by Crippen LogP contribution is -2.61. The smallest absolute Gasteiger partial charge is 0.262 e. The number of amides is 6. The van der Waals surface area contributed by atoms with Gasteiger partial charge in [0.25, 0.3) is 23.6 Å². The second kappa shape index (κ2) is 11.5. The minimum atomic E-state index is -0.962. The van der Waals surface area contributed by atoms with Gasteiger partial charge in [0.15, 0.2) is 0 Å². The number of piperazine rings is 1. The molecule has 2 aromatic carbocycles. The third kappa shape index (κ3) is 4.68. The Hall–Kier alpha value is -4.34. The third-order valence-electron chi connectivity index (χ3n) is 8.98. The quantitative estimate of drug-likeness (QED) is 0.449. The lowest BCUT2D eigenvalue weighted by Gasteiger charge is -2.41. The van der Waals surface area contributed by atoms with E-state index in [4.69, 9.17) is 0 Å². The molecule has 0 radical (unpaired) electrons. The second-order valence-corrected chi connectivity index (χ2v) is 11.4. The van der Waals surface area contributed by atoms with Crippen molar-refractivity contribution in [2.45, 2.75) is 52.6 Å². The van der Waals surface area contributed by atoms with E-state index in [-0.39, 0.29) is 49.8 Å². The van der Waals surface area contributed by atoms with Crippen LogP contribution < -0.4 is 0 Å². The Kier molecular flexibility index (Phi) is 7.99. The van der Waals surface area contributed by atoms with Gasteiger partial charge in [0.1, 0.15) is 12.1 Å². The summed E-state index contributed by atoms with van der Waals surface area (Å²) in [5.41, 5.74) is 1.18. The molecule has 4 atom stereocenters. The Morgan fingerprint density at radius 1 is 0.571 bits per heavy atom. The van der Waals surface area contributed by atoms with Crippen molar-refractivity contribution < 1.29 is 28.8 Å². The summed E-state index contributed by atoms with van der Waals surface area (Å²) in [5.74, 6) is -3.10. The summed E-state index contributed by atoms with van der Waals surface area (Å²) < 4.78 is 0. The number of imide groups is 2. The molecule has 0 saturated carbocycles. The average molecular weight is 573 g/mol. The number of fused-ring (bicyclic) bond motifs is 2. The molecule has 3 heterocycles. The van der Waals surface area contributed by atoms with Gasteiger partial charge in [0.05, 0.1) is 22.3 Å². The molecule has 220 valence electrons. The van der Waals surface area contributed by atoms with Crippen LogP contribution in [0.3, 0.4) is 0 Å². The van der Waals surface area contributed by atoms with Crippen molar-refractivity contribution in [3.8, 4) is 0 Å². The summed E-state index contributed by atoms with van der Waals surface area (Å²) in [7, 11) is 0. The number of carbonyl (C=O) groups excluding carboxylic acids is 6. The van der Waals surface area contributed by atoms with E-state index in [9.17, 15) is 28.8 Å². The molecule has 0 bridgehead atoms. The van der Waals surface area contributed by atoms with E-state index in [0.717, 1.165) is 9.80 Å². The van der Waals surface area contributed by atoms with Gasteiger partial charge in [0, 0.05) is 26.2 Å². The van der Waals surface area contributed by atoms with Gasteiger partial charge in [-0.3, -0.25) is 38.6 Å². The van der Waals surface area contributed by atoms with Crippen molar-refractivity contribution in [2.75, 3.05) is 26.2 Å². The lowest BCUT2D eigenvalue weighted by atomic mass is 9.95. The summed E-state index contributed by atoms with van der Waals surface area (Å²) >= 11 is 0. The number of hydrogen-bond acceptors (Lipinski definition) is 6. The molecule has 0 spiro atoms. The van der Waals surface area contributed by atoms with Crippen LogP contribution in [0.15, 0.2) is 48.5 Å². The largest absolute Gasteiger partial charge is 0.337 e. The van der Waals surface area contributed by atoms with Crippen molar-refractivity contribution in [1.82, 2.24) is 19.6 Å². The van der Waals surface area contributed by atoms with Gasteiger partial charge >= 0.3 is 0 Å². The van der Waals surface area contributed by atoms with E-state index in [1.54, 1.807) is 58.3 Å². The van der Waals surface area contributed by atoms with Crippen LogP contribution in [0.4, 0.5) is 0 Å². The molecule has 42 heavy (non-hydrogen) atoms. The molecule has 0 aliphatic carbocycles. The van der Waals surface area contributed by atoms with Gasteiger partial charge in [-0.15, -0.1) is 0 Å². The van der Waals surface area contributed by atoms with Crippen molar-refractivity contribution >= 4 is 35.4 Å². The van der Waals surface area contributed by atoms with Crippen LogP contribution >= 0.6 is 0 Å². The van der Waals surface area contributed by atoms with E-state index in [2.05, 4.69) is 0 Å². The number of carbonyl (C=O) groups is 6. The summed E-state index contributed by atoms with van der Waals surface area (Å²) in [5, 5.41) is 0. The van der Waals surface area contributed by atoms with Crippen molar-refractivity contribution in [3.63, 3.8) is 0 Å². The highest BCUT2D eigenvalue weighted by Crippen LogP contribution is 2.31. The first-order valence-corrected chi connectivity index (χ1v) is 14.6. The van der Waals surface area contributed by atoms with E-state index >= 15 is 0 Å². The Morgan fingerprint density at radius 2 is 0.833 bits per heavy atom. The van der Waals surface area contributed by atoms with E-state index < -0.39 is 35.7 Å². The molecule has 0 aromatic heterocycles. The molecule has 0 N–H and O–H groups in total. The molecule has 2 aromatic rings. The number of nitrogens with zero attached hydrogens (tertiary/aromatic N) is 4. The van der Waals surface area contributed by atoms with Crippen molar-refractivity contribution in [3.05, 3.63) is 70.8 Å². The van der Waals surface area contributed by atoms with Gasteiger partial charge < -0.3 is 9.80 Å². The fourth-order valence-electron chi connectivity index (χ4n) is 6.11. The van der Waals surface area contributed by atoms with Gasteiger partial charge in [0.2, 0.25) is 11.8 Å². The topological polar surface area (TPSA) is 115 Å². The van der Waals surface area contributed by atoms with Crippen LogP contribution in [-0.2, 0) is 9.59 Å². The molecule has 10 heteroatoms. The maximum absolute atomic E-state index is 13.9. The fraction of sp³-hybridized carbons (Fsp3) is 0.438. The highest BCUT2D eigenvalue weighted by atomic mass is 16.2. The van der Waals surface area contributed by atoms with Crippen LogP contribution in [0.25, 0.3) is 0 Å². The first-order chi connectivity index (χ1) is 20.1. The Balaban J connectivity index is 1.32. The van der Waals surface area contributed by atoms with Crippen LogP contribution in [0.5, 0.6) is 0 Å². The molecule has 10 nitrogen and oxygen atoms in total. The van der Waals surface area contributed by atoms with Crippen LogP contribution in [0.2, 0.25) is 0 Å². The second-order valence-electron chi connectivity index (χ2n) is 11.4. The van der Waals surface area contributed by atoms with E-state index in [1.807, 2.05) is 27.7 Å². The minimum Gasteiger partial charge on any atom is -0.337 e. The highest BCUT2D eigenvalue weighted by Gasteiger charge is 2.48. The van der Waals surface area contributed by atoms with Crippen molar-refractivity contribution in [2.24, 2.45) is 11.8 Å². The lowest BCUT2D eigenvalue weighted by molar-refractivity contribution is -0.145. The molecule has 3 aliphatic heterocycles. The first kappa shape index (κ1) is 29.2. The predicted molar refractivity (Wildman–Crippen MR) is 154 cm³/mol. The van der Waals surface area contributed by atoms with Crippen LogP contribution in [0.1, 0.15) is 82.0 Å². The zero-order valence-electron chi connectivity index (χ0n) is 24.4. The van der Waals surface area contributed by atoms with Gasteiger partial charge in [-0.1, -0.05) is 64.8 Å². The molecule has 1 fully saturated rings. The standard InChI is InChI=1S/C32H36N4O6/c1-5-19(3)25(35-27(37)21-11-7-8-12-22(21)28(35)38)31(41)33-15-17-34(18-16-33)32(42)26(20(4)6-2)36-29(39)23-13-9-10-14-24(23)30(36)40/h7-14,19-20,25-26H,5-6,15-18H2,1-4H3/t19-,20?,25-,26?/m1/s1. The summed E-state index contributed by atoms with van der Waals surface area (Å²) in [6.45, 7) is 8.34. The number of rotatable bonds is 8. The molecule has 1 saturated heterocycles. The van der Waals surface area contributed by atoms with Crippen molar-refractivity contribution in [1.29, 1.82) is 0 Å². The third-order valence-corrected chi connectivity index (χ3v) is 8.98. The molecule has 3 aliphatic rings. The summed E-state index contributed by atoms with van der Waals surface area (Å²) in [4.78, 5) is 86.2. The Labute approximate surface area is 245 Å². The molecular formula is C32H36N4O6. The van der Waals surface area contributed by atoms with Gasteiger partial charge in [-0.25, -0.2) is 0 Å². The Bertz CT molecular complexity index is 1280. The monoisotopic (exact) mass is 572 g/mol. The minimum absolute atomic E-state index is 0.204. The van der Waals surface area contributed by atoms with Gasteiger partial charge in [-0.05, 0) is 36.1 Å². The molecule has 2 unspecified atom stereocenters. The number of hydrogen-bond donors (Lipinski definition) is 0. The van der Waals surface area contributed by atoms with Gasteiger partial charge in [-0.2, -0.15) is 0 Å². The number of benzene rings is 2. The zero-order chi connectivity index (χ0) is 30.3. The molecular weight excluding hydrogens is 536 g/mol. The first-order valence-electron chi connectivity index (χ1n) is 14.6.